The predicted octanol–water partition coefficient (Wildman–Crippen LogP) is 2.13. The van der Waals surface area contributed by atoms with E-state index in [2.05, 4.69) is 25.7 Å². The Morgan fingerprint density at radius 2 is 2.00 bits per heavy atom. The zero-order chi connectivity index (χ0) is 14.8. The first kappa shape index (κ1) is 15.8. The monoisotopic (exact) mass is 282 g/mol. The van der Waals surface area contributed by atoms with Gasteiger partial charge < -0.3 is 14.5 Å². The summed E-state index contributed by atoms with van der Waals surface area (Å²) in [6.07, 6.45) is 3.10. The van der Waals surface area contributed by atoms with E-state index in [-0.39, 0.29) is 17.6 Å². The maximum Gasteiger partial charge on any atom is 0.251 e. The maximum atomic E-state index is 12.0. The summed E-state index contributed by atoms with van der Waals surface area (Å²) in [5.74, 6) is 0.922. The van der Waals surface area contributed by atoms with Crippen LogP contribution in [0.15, 0.2) is 0 Å². The summed E-state index contributed by atoms with van der Waals surface area (Å²) in [6, 6.07) is 0. The highest BCUT2D eigenvalue weighted by Gasteiger charge is 2.44. The van der Waals surface area contributed by atoms with Gasteiger partial charge in [-0.1, -0.05) is 13.8 Å². The van der Waals surface area contributed by atoms with Gasteiger partial charge in [0, 0.05) is 26.2 Å². The van der Waals surface area contributed by atoms with Crippen molar-refractivity contribution in [2.24, 2.45) is 5.92 Å². The van der Waals surface area contributed by atoms with E-state index in [0.717, 1.165) is 44.9 Å². The SMILES string of the molecule is CCN1CC2(CCN(CCC(C)C)CC2)O[C@@H](C)C1=O. The molecule has 2 saturated heterocycles. The molecule has 1 amide bonds. The number of rotatable bonds is 4. The minimum atomic E-state index is -0.272. The first-order valence-corrected chi connectivity index (χ1v) is 8.15. The van der Waals surface area contributed by atoms with Crippen molar-refractivity contribution in [3.63, 3.8) is 0 Å². The fourth-order valence-corrected chi connectivity index (χ4v) is 3.31. The lowest BCUT2D eigenvalue weighted by Crippen LogP contribution is -2.61. The van der Waals surface area contributed by atoms with Gasteiger partial charge in [-0.2, -0.15) is 0 Å². The summed E-state index contributed by atoms with van der Waals surface area (Å²) >= 11 is 0. The minimum Gasteiger partial charge on any atom is -0.360 e. The molecule has 2 fully saturated rings. The highest BCUT2D eigenvalue weighted by Crippen LogP contribution is 2.32. The van der Waals surface area contributed by atoms with Crippen LogP contribution in [0.5, 0.6) is 0 Å². The highest BCUT2D eigenvalue weighted by molar-refractivity contribution is 5.81. The third-order valence-electron chi connectivity index (χ3n) is 4.74. The molecule has 0 aromatic carbocycles. The third-order valence-corrected chi connectivity index (χ3v) is 4.74. The Morgan fingerprint density at radius 1 is 1.35 bits per heavy atom. The van der Waals surface area contributed by atoms with E-state index in [1.165, 1.54) is 13.0 Å². The first-order valence-electron chi connectivity index (χ1n) is 8.15. The summed E-state index contributed by atoms with van der Waals surface area (Å²) < 4.78 is 6.12. The van der Waals surface area contributed by atoms with E-state index in [1.807, 2.05) is 11.8 Å². The molecule has 4 nitrogen and oxygen atoms in total. The predicted molar refractivity (Wildman–Crippen MR) is 80.7 cm³/mol. The van der Waals surface area contributed by atoms with Crippen LogP contribution in [0, 0.1) is 5.92 Å². The van der Waals surface area contributed by atoms with Gasteiger partial charge in [-0.05, 0) is 45.6 Å². The fourth-order valence-electron chi connectivity index (χ4n) is 3.31. The number of carbonyl (C=O) groups is 1. The lowest BCUT2D eigenvalue weighted by atomic mass is 9.88. The van der Waals surface area contributed by atoms with Gasteiger partial charge in [0.15, 0.2) is 0 Å². The van der Waals surface area contributed by atoms with Crippen molar-refractivity contribution in [3.8, 4) is 0 Å². The Balaban J connectivity index is 1.89. The standard InChI is InChI=1S/C16H30N2O2/c1-5-18-12-16(20-14(4)15(18)19)7-10-17(11-8-16)9-6-13(2)3/h13-14H,5-12H2,1-4H3/t14-/m0/s1. The molecule has 20 heavy (non-hydrogen) atoms. The van der Waals surface area contributed by atoms with Crippen LogP contribution < -0.4 is 0 Å². The first-order chi connectivity index (χ1) is 9.46. The molecule has 0 saturated carbocycles. The molecular weight excluding hydrogens is 252 g/mol. The average Bonchev–Trinajstić information content (AvgIpc) is 2.42. The number of ether oxygens (including phenoxy) is 1. The lowest BCUT2D eigenvalue weighted by molar-refractivity contribution is -0.189. The van der Waals surface area contributed by atoms with Crippen LogP contribution in [0.2, 0.25) is 0 Å². The molecule has 116 valence electrons. The summed E-state index contributed by atoms with van der Waals surface area (Å²) in [4.78, 5) is 16.5. The van der Waals surface area contributed by atoms with E-state index in [4.69, 9.17) is 4.74 Å². The van der Waals surface area contributed by atoms with Crippen molar-refractivity contribution in [1.82, 2.24) is 9.80 Å². The van der Waals surface area contributed by atoms with Crippen LogP contribution in [0.3, 0.4) is 0 Å². The zero-order valence-electron chi connectivity index (χ0n) is 13.5. The number of likely N-dealkylation sites (tertiary alicyclic amines) is 1. The van der Waals surface area contributed by atoms with Crippen molar-refractivity contribution in [3.05, 3.63) is 0 Å². The fraction of sp³-hybridized carbons (Fsp3) is 0.938. The smallest absolute Gasteiger partial charge is 0.251 e. The quantitative estimate of drug-likeness (QED) is 0.792. The Morgan fingerprint density at radius 3 is 2.55 bits per heavy atom. The number of amides is 1. The molecule has 1 spiro atoms. The molecule has 0 bridgehead atoms. The lowest BCUT2D eigenvalue weighted by Gasteiger charge is -2.49. The van der Waals surface area contributed by atoms with Gasteiger partial charge in [-0.25, -0.2) is 0 Å². The summed E-state index contributed by atoms with van der Waals surface area (Å²) in [5, 5.41) is 0. The van der Waals surface area contributed by atoms with Crippen LogP contribution in [-0.2, 0) is 9.53 Å². The minimum absolute atomic E-state index is 0.0856. The van der Waals surface area contributed by atoms with Gasteiger partial charge >= 0.3 is 0 Å². The molecule has 2 heterocycles. The van der Waals surface area contributed by atoms with Crippen LogP contribution in [0.4, 0.5) is 0 Å². The van der Waals surface area contributed by atoms with E-state index in [1.54, 1.807) is 0 Å². The molecule has 4 heteroatoms. The molecule has 0 N–H and O–H groups in total. The topological polar surface area (TPSA) is 32.8 Å². The molecule has 0 unspecified atom stereocenters. The van der Waals surface area contributed by atoms with Gasteiger partial charge in [-0.15, -0.1) is 0 Å². The number of piperidine rings is 1. The zero-order valence-corrected chi connectivity index (χ0v) is 13.5. The molecule has 2 rings (SSSR count). The van der Waals surface area contributed by atoms with Crippen LogP contribution in [0.25, 0.3) is 0 Å². The van der Waals surface area contributed by atoms with Crippen molar-refractivity contribution >= 4 is 5.91 Å². The van der Waals surface area contributed by atoms with Crippen LogP contribution in [0.1, 0.15) is 47.0 Å². The molecular formula is C16H30N2O2. The highest BCUT2D eigenvalue weighted by atomic mass is 16.5. The Bertz CT molecular complexity index is 335. The molecule has 0 aromatic rings. The molecule has 2 aliphatic heterocycles. The number of hydrogen-bond acceptors (Lipinski definition) is 3. The van der Waals surface area contributed by atoms with Crippen molar-refractivity contribution < 1.29 is 9.53 Å². The van der Waals surface area contributed by atoms with Gasteiger partial charge in [-0.3, -0.25) is 4.79 Å². The maximum absolute atomic E-state index is 12.0. The van der Waals surface area contributed by atoms with Gasteiger partial charge in [0.05, 0.1) is 5.60 Å². The normalized spacial score (nSPS) is 27.6. The van der Waals surface area contributed by atoms with Crippen LogP contribution >= 0.6 is 0 Å². The second-order valence-corrected chi connectivity index (χ2v) is 6.82. The average molecular weight is 282 g/mol. The van der Waals surface area contributed by atoms with Crippen molar-refractivity contribution in [2.75, 3.05) is 32.7 Å². The van der Waals surface area contributed by atoms with E-state index in [0.29, 0.717) is 0 Å². The Hall–Kier alpha value is -0.610. The number of likely N-dealkylation sites (N-methyl/N-ethyl adjacent to an activating group) is 1. The van der Waals surface area contributed by atoms with Crippen LogP contribution in [-0.4, -0.2) is 60.1 Å². The summed E-state index contributed by atoms with van der Waals surface area (Å²) in [6.45, 7) is 13.5. The second kappa shape index (κ2) is 6.44. The van der Waals surface area contributed by atoms with Gasteiger partial charge in [0.1, 0.15) is 6.10 Å². The van der Waals surface area contributed by atoms with E-state index in [9.17, 15) is 4.79 Å². The summed E-state index contributed by atoms with van der Waals surface area (Å²) in [7, 11) is 0. The third kappa shape index (κ3) is 3.53. The molecule has 0 aliphatic carbocycles. The van der Waals surface area contributed by atoms with E-state index < -0.39 is 0 Å². The molecule has 2 aliphatic rings. The Labute approximate surface area is 123 Å². The summed E-state index contributed by atoms with van der Waals surface area (Å²) in [5.41, 5.74) is -0.0856. The second-order valence-electron chi connectivity index (χ2n) is 6.82. The molecule has 1 atom stereocenters. The largest absolute Gasteiger partial charge is 0.360 e. The molecule has 0 aromatic heterocycles. The van der Waals surface area contributed by atoms with Crippen molar-refractivity contribution in [1.29, 1.82) is 0 Å². The number of hydrogen-bond donors (Lipinski definition) is 0. The van der Waals surface area contributed by atoms with Gasteiger partial charge in [0.25, 0.3) is 5.91 Å². The van der Waals surface area contributed by atoms with E-state index >= 15 is 0 Å². The number of carbonyl (C=O) groups excluding carboxylic acids is 1. The van der Waals surface area contributed by atoms with Crippen molar-refractivity contribution in [2.45, 2.75) is 58.7 Å². The van der Waals surface area contributed by atoms with Gasteiger partial charge in [0.2, 0.25) is 0 Å². The number of morpholine rings is 1. The Kier molecular flexibility index (Phi) is 5.08. The molecule has 0 radical (unpaired) electrons. The number of nitrogens with zero attached hydrogens (tertiary/aromatic N) is 2.